The van der Waals surface area contributed by atoms with Crippen molar-refractivity contribution in [1.82, 2.24) is 5.32 Å². The van der Waals surface area contributed by atoms with Crippen LogP contribution in [0.15, 0.2) is 24.3 Å². The van der Waals surface area contributed by atoms with E-state index in [2.05, 4.69) is 55.7 Å². The summed E-state index contributed by atoms with van der Waals surface area (Å²) < 4.78 is 0. The lowest BCUT2D eigenvalue weighted by Gasteiger charge is -2.12. The van der Waals surface area contributed by atoms with Crippen molar-refractivity contribution in [2.45, 2.75) is 52.5 Å². The fraction of sp³-hybridized carbons (Fsp3) is 0.562. The Labute approximate surface area is 116 Å². The van der Waals surface area contributed by atoms with E-state index in [1.165, 1.54) is 5.56 Å². The van der Waals surface area contributed by atoms with Gasteiger partial charge in [0.05, 0.1) is 0 Å². The third-order valence-electron chi connectivity index (χ3n) is 3.28. The Morgan fingerprint density at radius 1 is 1.16 bits per heavy atom. The standard InChI is InChI=1S/C16H26N2O/c1-5-13(4)18-16(19)10-11-17-15-8-6-14(7-9-15)12(2)3/h6-9,12-13,17H,5,10-11H2,1-4H3,(H,18,19). The van der Waals surface area contributed by atoms with Crippen LogP contribution in [0, 0.1) is 0 Å². The van der Waals surface area contributed by atoms with Gasteiger partial charge in [-0.2, -0.15) is 0 Å². The molecule has 1 unspecified atom stereocenters. The number of nitrogens with one attached hydrogen (secondary N) is 2. The van der Waals surface area contributed by atoms with E-state index >= 15 is 0 Å². The van der Waals surface area contributed by atoms with E-state index in [9.17, 15) is 4.79 Å². The zero-order valence-corrected chi connectivity index (χ0v) is 12.5. The minimum Gasteiger partial charge on any atom is -0.385 e. The molecule has 0 aliphatic carbocycles. The van der Waals surface area contributed by atoms with Crippen molar-refractivity contribution in [3.63, 3.8) is 0 Å². The lowest BCUT2D eigenvalue weighted by Crippen LogP contribution is -2.32. The normalized spacial score (nSPS) is 12.3. The first kappa shape index (κ1) is 15.5. The molecule has 0 saturated carbocycles. The molecule has 0 heterocycles. The van der Waals surface area contributed by atoms with E-state index in [0.29, 0.717) is 18.9 Å². The van der Waals surface area contributed by atoms with Crippen molar-refractivity contribution in [2.75, 3.05) is 11.9 Å². The van der Waals surface area contributed by atoms with Crippen molar-refractivity contribution in [3.8, 4) is 0 Å². The van der Waals surface area contributed by atoms with Crippen molar-refractivity contribution < 1.29 is 4.79 Å². The molecule has 0 radical (unpaired) electrons. The molecular weight excluding hydrogens is 236 g/mol. The maximum Gasteiger partial charge on any atom is 0.221 e. The summed E-state index contributed by atoms with van der Waals surface area (Å²) in [5.74, 6) is 0.663. The predicted molar refractivity (Wildman–Crippen MR) is 81.5 cm³/mol. The molecule has 1 aromatic carbocycles. The van der Waals surface area contributed by atoms with Gasteiger partial charge in [0.2, 0.25) is 5.91 Å². The van der Waals surface area contributed by atoms with Crippen molar-refractivity contribution in [1.29, 1.82) is 0 Å². The molecule has 1 aromatic rings. The average molecular weight is 262 g/mol. The number of hydrogen-bond donors (Lipinski definition) is 2. The second-order valence-electron chi connectivity index (χ2n) is 5.33. The van der Waals surface area contributed by atoms with E-state index in [0.717, 1.165) is 12.1 Å². The van der Waals surface area contributed by atoms with Crippen LogP contribution in [0.3, 0.4) is 0 Å². The van der Waals surface area contributed by atoms with Gasteiger partial charge in [0, 0.05) is 24.7 Å². The Kier molecular flexibility index (Phi) is 6.40. The summed E-state index contributed by atoms with van der Waals surface area (Å²) in [5, 5.41) is 6.23. The van der Waals surface area contributed by atoms with E-state index in [-0.39, 0.29) is 11.9 Å². The van der Waals surface area contributed by atoms with Crippen LogP contribution in [0.4, 0.5) is 5.69 Å². The zero-order chi connectivity index (χ0) is 14.3. The van der Waals surface area contributed by atoms with Gasteiger partial charge in [-0.05, 0) is 37.0 Å². The molecule has 0 spiro atoms. The molecular formula is C16H26N2O. The molecule has 3 heteroatoms. The number of hydrogen-bond acceptors (Lipinski definition) is 2. The molecule has 1 atom stereocenters. The molecule has 0 fully saturated rings. The molecule has 0 aromatic heterocycles. The first-order valence-electron chi connectivity index (χ1n) is 7.16. The fourth-order valence-electron chi connectivity index (χ4n) is 1.76. The van der Waals surface area contributed by atoms with Crippen LogP contribution < -0.4 is 10.6 Å². The number of carbonyl (C=O) groups excluding carboxylic acids is 1. The molecule has 0 saturated heterocycles. The van der Waals surface area contributed by atoms with Gasteiger partial charge in [0.1, 0.15) is 0 Å². The van der Waals surface area contributed by atoms with Crippen molar-refractivity contribution in [2.24, 2.45) is 0 Å². The Morgan fingerprint density at radius 2 is 1.79 bits per heavy atom. The summed E-state index contributed by atoms with van der Waals surface area (Å²) in [5.41, 5.74) is 2.40. The second-order valence-corrected chi connectivity index (χ2v) is 5.33. The minimum absolute atomic E-state index is 0.112. The highest BCUT2D eigenvalue weighted by atomic mass is 16.1. The highest BCUT2D eigenvalue weighted by molar-refractivity contribution is 5.76. The van der Waals surface area contributed by atoms with E-state index in [1.807, 2.05) is 6.92 Å². The van der Waals surface area contributed by atoms with Crippen molar-refractivity contribution in [3.05, 3.63) is 29.8 Å². The fourth-order valence-corrected chi connectivity index (χ4v) is 1.76. The summed E-state index contributed by atoms with van der Waals surface area (Å²) in [7, 11) is 0. The minimum atomic E-state index is 0.112. The largest absolute Gasteiger partial charge is 0.385 e. The predicted octanol–water partition coefficient (Wildman–Crippen LogP) is 3.53. The lowest BCUT2D eigenvalue weighted by molar-refractivity contribution is -0.121. The van der Waals surface area contributed by atoms with Crippen LogP contribution in [0.5, 0.6) is 0 Å². The monoisotopic (exact) mass is 262 g/mol. The van der Waals surface area contributed by atoms with E-state index in [1.54, 1.807) is 0 Å². The molecule has 3 nitrogen and oxygen atoms in total. The van der Waals surface area contributed by atoms with Crippen LogP contribution >= 0.6 is 0 Å². The van der Waals surface area contributed by atoms with Crippen LogP contribution in [0.1, 0.15) is 52.0 Å². The van der Waals surface area contributed by atoms with Crippen molar-refractivity contribution >= 4 is 11.6 Å². The van der Waals surface area contributed by atoms with Gasteiger partial charge < -0.3 is 10.6 Å². The summed E-state index contributed by atoms with van der Waals surface area (Å²) in [4.78, 5) is 11.6. The van der Waals surface area contributed by atoms with Crippen LogP contribution in [0.25, 0.3) is 0 Å². The van der Waals surface area contributed by atoms with Gasteiger partial charge in [-0.3, -0.25) is 4.79 Å². The topological polar surface area (TPSA) is 41.1 Å². The highest BCUT2D eigenvalue weighted by Crippen LogP contribution is 2.16. The Bertz CT molecular complexity index is 384. The van der Waals surface area contributed by atoms with Gasteiger partial charge in [-0.25, -0.2) is 0 Å². The molecule has 1 amide bonds. The zero-order valence-electron chi connectivity index (χ0n) is 12.5. The third-order valence-corrected chi connectivity index (χ3v) is 3.28. The van der Waals surface area contributed by atoms with Crippen LogP contribution in [0.2, 0.25) is 0 Å². The first-order valence-corrected chi connectivity index (χ1v) is 7.16. The molecule has 0 aliphatic rings. The maximum absolute atomic E-state index is 11.6. The summed E-state index contributed by atoms with van der Waals surface area (Å²) >= 11 is 0. The summed E-state index contributed by atoms with van der Waals surface area (Å²) in [6.45, 7) is 9.13. The van der Waals surface area contributed by atoms with Gasteiger partial charge in [0.15, 0.2) is 0 Å². The number of rotatable bonds is 7. The molecule has 1 rings (SSSR count). The van der Waals surface area contributed by atoms with E-state index < -0.39 is 0 Å². The Morgan fingerprint density at radius 3 is 2.32 bits per heavy atom. The van der Waals surface area contributed by atoms with Gasteiger partial charge >= 0.3 is 0 Å². The highest BCUT2D eigenvalue weighted by Gasteiger charge is 2.05. The van der Waals surface area contributed by atoms with Gasteiger partial charge in [-0.1, -0.05) is 32.9 Å². The number of amides is 1. The van der Waals surface area contributed by atoms with Crippen LogP contribution in [-0.4, -0.2) is 18.5 Å². The number of anilines is 1. The quantitative estimate of drug-likeness (QED) is 0.789. The van der Waals surface area contributed by atoms with Gasteiger partial charge in [0.25, 0.3) is 0 Å². The number of carbonyl (C=O) groups is 1. The third kappa shape index (κ3) is 5.77. The smallest absolute Gasteiger partial charge is 0.221 e. The van der Waals surface area contributed by atoms with Gasteiger partial charge in [-0.15, -0.1) is 0 Å². The molecule has 0 aliphatic heterocycles. The first-order chi connectivity index (χ1) is 9.02. The molecule has 19 heavy (non-hydrogen) atoms. The summed E-state index contributed by atoms with van der Waals surface area (Å²) in [6, 6.07) is 8.67. The van der Waals surface area contributed by atoms with Crippen LogP contribution in [-0.2, 0) is 4.79 Å². The Hall–Kier alpha value is -1.51. The Balaban J connectivity index is 2.31. The summed E-state index contributed by atoms with van der Waals surface area (Å²) in [6.07, 6.45) is 1.48. The molecule has 106 valence electrons. The lowest BCUT2D eigenvalue weighted by atomic mass is 10.0. The average Bonchev–Trinajstić information content (AvgIpc) is 2.39. The second kappa shape index (κ2) is 7.82. The maximum atomic E-state index is 11.6. The SMILES string of the molecule is CCC(C)NC(=O)CCNc1ccc(C(C)C)cc1. The molecule has 2 N–H and O–H groups in total. The molecule has 0 bridgehead atoms. The van der Waals surface area contributed by atoms with E-state index in [4.69, 9.17) is 0 Å². The number of benzene rings is 1.